The topological polar surface area (TPSA) is 106 Å². The van der Waals surface area contributed by atoms with E-state index in [1.54, 1.807) is 6.07 Å². The predicted octanol–water partition coefficient (Wildman–Crippen LogP) is 5.73. The Hall–Kier alpha value is -2.90. The first-order valence-electron chi connectivity index (χ1n) is 15.0. The quantitative estimate of drug-likeness (QED) is 0.306. The van der Waals surface area contributed by atoms with E-state index in [0.29, 0.717) is 35.2 Å². The van der Waals surface area contributed by atoms with Crippen molar-refractivity contribution in [1.29, 1.82) is 5.26 Å². The standard InChI is InChI=1S/C31H39F3N6O/c32-31(33,34)26-4-2-1-3-21(26)16-37-29-38-17-24(14-35)28(40-29)39-18-30-11-20-9-22(12-30)27(23(10-20)13-30)36-15-19-5-7-25(41)8-6-19/h1-4,17,19-20,22-23,25,27,36,41H,5-13,15-16,18H2,(H2,37,38,39,40)/t19?,20?,22-,23+,25?,27?,30?. The molecular formula is C31H39F3N6O. The average molecular weight is 569 g/mol. The maximum atomic E-state index is 13.4. The van der Waals surface area contributed by atoms with Gasteiger partial charge >= 0.3 is 6.18 Å². The zero-order valence-corrected chi connectivity index (χ0v) is 23.3. The Labute approximate surface area is 239 Å². The van der Waals surface area contributed by atoms with E-state index in [4.69, 9.17) is 0 Å². The molecule has 1 heterocycles. The molecule has 5 aliphatic rings. The van der Waals surface area contributed by atoms with Crippen molar-refractivity contribution in [3.8, 4) is 6.07 Å². The third-order valence-electron chi connectivity index (χ3n) is 10.2. The van der Waals surface area contributed by atoms with Gasteiger partial charge in [-0.15, -0.1) is 0 Å². The zero-order valence-electron chi connectivity index (χ0n) is 23.3. The fraction of sp³-hybridized carbons (Fsp3) is 0.645. The fourth-order valence-corrected chi connectivity index (χ4v) is 8.47. The molecule has 4 N–H and O–H groups in total. The van der Waals surface area contributed by atoms with E-state index in [2.05, 4.69) is 32.0 Å². The molecule has 0 spiro atoms. The number of aliphatic hydroxyl groups is 1. The van der Waals surface area contributed by atoms with Crippen molar-refractivity contribution in [2.75, 3.05) is 23.7 Å². The minimum Gasteiger partial charge on any atom is -0.393 e. The Morgan fingerprint density at radius 3 is 2.46 bits per heavy atom. The Kier molecular flexibility index (Phi) is 7.86. The summed E-state index contributed by atoms with van der Waals surface area (Å²) in [7, 11) is 0. The molecule has 41 heavy (non-hydrogen) atoms. The second-order valence-electron chi connectivity index (χ2n) is 13.0. The first-order chi connectivity index (χ1) is 19.7. The van der Waals surface area contributed by atoms with Gasteiger partial charge in [0.2, 0.25) is 5.95 Å². The number of rotatable bonds is 9. The van der Waals surface area contributed by atoms with Crippen LogP contribution in [0.3, 0.4) is 0 Å². The van der Waals surface area contributed by atoms with Gasteiger partial charge in [-0.1, -0.05) is 18.2 Å². The molecule has 2 aromatic rings. The van der Waals surface area contributed by atoms with Crippen LogP contribution in [0.1, 0.15) is 74.5 Å². The molecule has 10 heteroatoms. The Morgan fingerprint density at radius 1 is 1.02 bits per heavy atom. The minimum atomic E-state index is -4.44. The highest BCUT2D eigenvalue weighted by Gasteiger charge is 2.55. The molecule has 5 fully saturated rings. The molecule has 0 amide bonds. The van der Waals surface area contributed by atoms with Gasteiger partial charge in [0, 0.05) is 19.1 Å². The molecule has 7 rings (SSSR count). The van der Waals surface area contributed by atoms with Crippen LogP contribution in [0, 0.1) is 40.4 Å². The minimum absolute atomic E-state index is 0.0776. The van der Waals surface area contributed by atoms with Gasteiger partial charge in [-0.3, -0.25) is 0 Å². The summed E-state index contributed by atoms with van der Waals surface area (Å²) < 4.78 is 40.2. The van der Waals surface area contributed by atoms with Gasteiger partial charge in [-0.25, -0.2) is 4.98 Å². The van der Waals surface area contributed by atoms with Crippen LogP contribution in [-0.4, -0.2) is 40.3 Å². The summed E-state index contributed by atoms with van der Waals surface area (Å²) in [6, 6.07) is 8.17. The molecule has 1 aromatic carbocycles. The molecule has 5 aliphatic carbocycles. The molecule has 4 bridgehead atoms. The van der Waals surface area contributed by atoms with Crippen LogP contribution in [0.4, 0.5) is 24.9 Å². The fourth-order valence-electron chi connectivity index (χ4n) is 8.47. The lowest BCUT2D eigenvalue weighted by atomic mass is 9.48. The van der Waals surface area contributed by atoms with E-state index in [1.165, 1.54) is 37.6 Å². The highest BCUT2D eigenvalue weighted by molar-refractivity contribution is 5.53. The van der Waals surface area contributed by atoms with E-state index in [0.717, 1.165) is 63.6 Å². The van der Waals surface area contributed by atoms with Crippen LogP contribution in [0.15, 0.2) is 30.5 Å². The lowest BCUT2D eigenvalue weighted by molar-refractivity contribution is -0.138. The van der Waals surface area contributed by atoms with E-state index < -0.39 is 11.7 Å². The third-order valence-corrected chi connectivity index (χ3v) is 10.2. The van der Waals surface area contributed by atoms with Crippen molar-refractivity contribution in [3.63, 3.8) is 0 Å². The van der Waals surface area contributed by atoms with Crippen LogP contribution >= 0.6 is 0 Å². The summed E-state index contributed by atoms with van der Waals surface area (Å²) in [5, 5.41) is 29.9. The van der Waals surface area contributed by atoms with Gasteiger partial charge in [0.05, 0.1) is 17.9 Å². The van der Waals surface area contributed by atoms with Crippen LogP contribution in [0.5, 0.6) is 0 Å². The maximum absolute atomic E-state index is 13.4. The molecule has 1 aromatic heterocycles. The summed E-state index contributed by atoms with van der Waals surface area (Å²) in [6.45, 7) is 1.70. The summed E-state index contributed by atoms with van der Waals surface area (Å²) in [4.78, 5) is 8.68. The molecule has 0 radical (unpaired) electrons. The second-order valence-corrected chi connectivity index (χ2v) is 13.0. The highest BCUT2D eigenvalue weighted by atomic mass is 19.4. The predicted molar refractivity (Wildman–Crippen MR) is 150 cm³/mol. The molecule has 3 unspecified atom stereocenters. The number of benzene rings is 1. The van der Waals surface area contributed by atoms with Crippen LogP contribution in [0.25, 0.3) is 0 Å². The lowest BCUT2D eigenvalue weighted by Gasteiger charge is -2.60. The third kappa shape index (κ3) is 6.17. The maximum Gasteiger partial charge on any atom is 0.416 e. The number of hydrogen-bond donors (Lipinski definition) is 4. The number of hydrogen-bond acceptors (Lipinski definition) is 7. The molecule has 0 aliphatic heterocycles. The number of nitriles is 1. The lowest BCUT2D eigenvalue weighted by Crippen LogP contribution is -2.60. The smallest absolute Gasteiger partial charge is 0.393 e. The number of aliphatic hydroxyl groups excluding tert-OH is 1. The monoisotopic (exact) mass is 568 g/mol. The first kappa shape index (κ1) is 28.2. The first-order valence-corrected chi connectivity index (χ1v) is 15.0. The molecule has 0 saturated heterocycles. The zero-order chi connectivity index (χ0) is 28.6. The summed E-state index contributed by atoms with van der Waals surface area (Å²) in [5.41, 5.74) is -0.0828. The average Bonchev–Trinajstić information content (AvgIpc) is 2.95. The van der Waals surface area contributed by atoms with Gasteiger partial charge in [-0.2, -0.15) is 23.4 Å². The normalized spacial score (nSPS) is 32.5. The number of halogens is 3. The van der Waals surface area contributed by atoms with Crippen molar-refractivity contribution in [2.45, 2.75) is 82.7 Å². The van der Waals surface area contributed by atoms with Crippen molar-refractivity contribution >= 4 is 11.8 Å². The van der Waals surface area contributed by atoms with Crippen LogP contribution in [-0.2, 0) is 12.7 Å². The number of aromatic nitrogens is 2. The van der Waals surface area contributed by atoms with E-state index in [-0.39, 0.29) is 29.6 Å². The van der Waals surface area contributed by atoms with Crippen molar-refractivity contribution < 1.29 is 18.3 Å². The van der Waals surface area contributed by atoms with Gasteiger partial charge < -0.3 is 21.1 Å². The molecule has 5 atom stereocenters. The second kappa shape index (κ2) is 11.4. The number of anilines is 2. The molecule has 220 valence electrons. The number of nitrogens with zero attached hydrogens (tertiary/aromatic N) is 3. The Morgan fingerprint density at radius 2 is 1.76 bits per heavy atom. The Balaban J connectivity index is 1.09. The number of alkyl halides is 3. The van der Waals surface area contributed by atoms with E-state index in [1.807, 2.05) is 0 Å². The van der Waals surface area contributed by atoms with Gasteiger partial charge in [-0.05, 0) is 105 Å². The van der Waals surface area contributed by atoms with Crippen LogP contribution in [0.2, 0.25) is 0 Å². The Bertz CT molecular complexity index is 1260. The van der Waals surface area contributed by atoms with E-state index in [9.17, 15) is 23.5 Å². The summed E-state index contributed by atoms with van der Waals surface area (Å²) >= 11 is 0. The molecule has 5 saturated carbocycles. The SMILES string of the molecule is N#Cc1cnc(NCc2ccccc2C(F)(F)F)nc1NCC12CC3C[C@H](C1)C(NCC1CCC(O)CC1)[C@@H](C3)C2. The van der Waals surface area contributed by atoms with Crippen molar-refractivity contribution in [1.82, 2.24) is 15.3 Å². The van der Waals surface area contributed by atoms with Gasteiger partial charge in [0.1, 0.15) is 17.5 Å². The molecule has 7 nitrogen and oxygen atoms in total. The van der Waals surface area contributed by atoms with Crippen molar-refractivity contribution in [3.05, 3.63) is 47.2 Å². The largest absolute Gasteiger partial charge is 0.416 e. The highest BCUT2D eigenvalue weighted by Crippen LogP contribution is 2.60. The summed E-state index contributed by atoms with van der Waals surface area (Å²) in [5.74, 6) is 3.34. The molecular weight excluding hydrogens is 529 g/mol. The number of nitrogens with one attached hydrogen (secondary N) is 3. The van der Waals surface area contributed by atoms with Gasteiger partial charge in [0.25, 0.3) is 0 Å². The summed E-state index contributed by atoms with van der Waals surface area (Å²) in [6.07, 6.45) is 6.99. The van der Waals surface area contributed by atoms with Crippen molar-refractivity contribution in [2.24, 2.45) is 29.1 Å². The van der Waals surface area contributed by atoms with Crippen LogP contribution < -0.4 is 16.0 Å². The van der Waals surface area contributed by atoms with E-state index >= 15 is 0 Å². The van der Waals surface area contributed by atoms with Gasteiger partial charge in [0.15, 0.2) is 0 Å².